The summed E-state index contributed by atoms with van der Waals surface area (Å²) in [5.41, 5.74) is 3.37. The molecule has 186 valence electrons. The molecule has 0 heterocycles. The van der Waals surface area contributed by atoms with Gasteiger partial charge in [-0.25, -0.2) is 0 Å². The van der Waals surface area contributed by atoms with Gasteiger partial charge in [0.1, 0.15) is 0 Å². The summed E-state index contributed by atoms with van der Waals surface area (Å²) in [5, 5.41) is 0. The Bertz CT molecular complexity index is 777. The van der Waals surface area contributed by atoms with Crippen LogP contribution in [0.2, 0.25) is 13.3 Å². The van der Waals surface area contributed by atoms with Gasteiger partial charge in [0.25, 0.3) is 0 Å². The van der Waals surface area contributed by atoms with E-state index in [1.807, 2.05) is 30.3 Å². The molecule has 1 aliphatic carbocycles. The molecule has 4 heteroatoms. The second-order valence-electron chi connectivity index (χ2n) is 11.5. The summed E-state index contributed by atoms with van der Waals surface area (Å²) in [6.07, 6.45) is 10.5. The monoisotopic (exact) mass is 563 g/mol. The van der Waals surface area contributed by atoms with Gasteiger partial charge in [-0.15, -0.1) is 0 Å². The van der Waals surface area contributed by atoms with Crippen LogP contribution in [0.25, 0.3) is 0 Å². The van der Waals surface area contributed by atoms with Crippen molar-refractivity contribution in [1.29, 1.82) is 0 Å². The Labute approximate surface area is 208 Å². The molecule has 2 rings (SSSR count). The molecule has 3 nitrogen and oxygen atoms in total. The van der Waals surface area contributed by atoms with Crippen molar-refractivity contribution in [3.8, 4) is 0 Å². The van der Waals surface area contributed by atoms with Crippen molar-refractivity contribution >= 4 is 24.3 Å². The fourth-order valence-corrected chi connectivity index (χ4v) is 25.6. The number of hydrogen-bond donors (Lipinski definition) is 1. The molecular formula is C29H49NO2Sn. The average Bonchev–Trinajstić information content (AvgIpc) is 2.95. The Balaban J connectivity index is 2.42. The summed E-state index contributed by atoms with van der Waals surface area (Å²) in [6.45, 7) is 18.7. The van der Waals surface area contributed by atoms with Crippen LogP contribution in [0.3, 0.4) is 0 Å². The number of hydrogen-bond acceptors (Lipinski definition) is 3. The third-order valence-corrected chi connectivity index (χ3v) is 25.4. The van der Waals surface area contributed by atoms with Crippen LogP contribution < -0.4 is 5.48 Å². The van der Waals surface area contributed by atoms with Crippen molar-refractivity contribution in [1.82, 2.24) is 5.48 Å². The SMILES string of the molecule is CCC[CH2][Sn]([CH2]CCC)([CH2]CCC)[C]1=CC(C)(C)C(C)(NOC(=O)c2ccccc2)C1(C)C. The van der Waals surface area contributed by atoms with Crippen molar-refractivity contribution in [2.24, 2.45) is 10.8 Å². The van der Waals surface area contributed by atoms with E-state index in [-0.39, 0.29) is 22.3 Å². The summed E-state index contributed by atoms with van der Waals surface area (Å²) < 4.78 is 6.14. The van der Waals surface area contributed by atoms with E-state index in [4.69, 9.17) is 4.84 Å². The van der Waals surface area contributed by atoms with Gasteiger partial charge < -0.3 is 0 Å². The van der Waals surface area contributed by atoms with Crippen molar-refractivity contribution in [2.75, 3.05) is 0 Å². The van der Waals surface area contributed by atoms with Gasteiger partial charge in [-0.3, -0.25) is 0 Å². The van der Waals surface area contributed by atoms with Crippen molar-refractivity contribution in [3.63, 3.8) is 0 Å². The number of nitrogens with one attached hydrogen (secondary N) is 1. The number of unbranched alkanes of at least 4 members (excludes halogenated alkanes) is 3. The van der Waals surface area contributed by atoms with E-state index in [9.17, 15) is 4.79 Å². The number of rotatable bonds is 13. The molecular weight excluding hydrogens is 513 g/mol. The molecule has 0 aliphatic heterocycles. The molecule has 0 saturated heterocycles. The van der Waals surface area contributed by atoms with Gasteiger partial charge in [0.2, 0.25) is 0 Å². The summed E-state index contributed by atoms with van der Waals surface area (Å²) in [5.74, 6) is -0.311. The topological polar surface area (TPSA) is 38.3 Å². The fourth-order valence-electron chi connectivity index (χ4n) is 5.94. The third kappa shape index (κ3) is 5.89. The molecule has 1 aromatic carbocycles. The van der Waals surface area contributed by atoms with E-state index < -0.39 is 18.4 Å². The average molecular weight is 562 g/mol. The molecule has 0 radical (unpaired) electrons. The molecule has 0 amide bonds. The standard InChI is InChI=1S/C17H22NO2.3C4H9.Sn/c1-15(2)11-12-16(3,4)17(15,5)18-20-14(19)13-9-7-6-8-10-13;3*1-3-4-2;/h6-11,18H,1-5H3;3*1,3-4H2,2H3;. The van der Waals surface area contributed by atoms with Gasteiger partial charge in [0.05, 0.1) is 0 Å². The van der Waals surface area contributed by atoms with Gasteiger partial charge in [-0.05, 0) is 0 Å². The Morgan fingerprint density at radius 3 is 1.79 bits per heavy atom. The maximum atomic E-state index is 12.8. The van der Waals surface area contributed by atoms with Crippen LogP contribution in [0.1, 0.15) is 104 Å². The first-order chi connectivity index (χ1) is 15.5. The molecule has 0 bridgehead atoms. The van der Waals surface area contributed by atoms with Crippen molar-refractivity contribution < 1.29 is 9.63 Å². The van der Waals surface area contributed by atoms with Crippen molar-refractivity contribution in [3.05, 3.63) is 45.6 Å². The number of carbonyl (C=O) groups is 1. The first-order valence-electron chi connectivity index (χ1n) is 13.3. The van der Waals surface area contributed by atoms with Crippen LogP contribution in [0.5, 0.6) is 0 Å². The summed E-state index contributed by atoms with van der Waals surface area (Å²) in [7, 11) is 0. The number of benzene rings is 1. The van der Waals surface area contributed by atoms with Gasteiger partial charge >= 0.3 is 209 Å². The van der Waals surface area contributed by atoms with Crippen LogP contribution in [0.4, 0.5) is 0 Å². The molecule has 0 saturated carbocycles. The van der Waals surface area contributed by atoms with Crippen LogP contribution >= 0.6 is 0 Å². The quantitative estimate of drug-likeness (QED) is 0.194. The van der Waals surface area contributed by atoms with E-state index in [0.29, 0.717) is 5.56 Å². The fraction of sp³-hybridized carbons (Fsp3) is 0.690. The van der Waals surface area contributed by atoms with E-state index in [1.54, 1.807) is 3.59 Å². The Hall–Kier alpha value is -0.811. The molecule has 1 unspecified atom stereocenters. The van der Waals surface area contributed by atoms with Gasteiger partial charge in [-0.1, -0.05) is 0 Å². The zero-order valence-corrected chi connectivity index (χ0v) is 25.5. The van der Waals surface area contributed by atoms with Crippen LogP contribution in [-0.4, -0.2) is 29.9 Å². The summed E-state index contributed by atoms with van der Waals surface area (Å²) >= 11 is -2.65. The van der Waals surface area contributed by atoms with Crippen molar-refractivity contribution in [2.45, 2.75) is 113 Å². The first kappa shape index (κ1) is 28.4. The Morgan fingerprint density at radius 1 is 0.848 bits per heavy atom. The molecule has 0 spiro atoms. The molecule has 33 heavy (non-hydrogen) atoms. The maximum absolute atomic E-state index is 12.8. The normalized spacial score (nSPS) is 21.6. The first-order valence-corrected chi connectivity index (χ1v) is 20.8. The second-order valence-corrected chi connectivity index (χ2v) is 24.6. The molecule has 1 aromatic rings. The summed E-state index contributed by atoms with van der Waals surface area (Å²) in [4.78, 5) is 18.6. The van der Waals surface area contributed by atoms with Crippen LogP contribution in [-0.2, 0) is 4.84 Å². The Kier molecular flexibility index (Phi) is 10.1. The van der Waals surface area contributed by atoms with Gasteiger partial charge in [-0.2, -0.15) is 0 Å². The zero-order valence-electron chi connectivity index (χ0n) is 22.6. The molecule has 1 aliphatic rings. The predicted octanol–water partition coefficient (Wildman–Crippen LogP) is 8.49. The summed E-state index contributed by atoms with van der Waals surface area (Å²) in [6, 6.07) is 9.28. The zero-order chi connectivity index (χ0) is 24.8. The van der Waals surface area contributed by atoms with E-state index in [1.165, 1.54) is 51.8 Å². The molecule has 0 aromatic heterocycles. The van der Waals surface area contributed by atoms with E-state index in [0.717, 1.165) is 0 Å². The van der Waals surface area contributed by atoms with E-state index >= 15 is 0 Å². The third-order valence-electron chi connectivity index (χ3n) is 8.67. The van der Waals surface area contributed by atoms with Gasteiger partial charge in [0.15, 0.2) is 0 Å². The molecule has 0 fully saturated rings. The Morgan fingerprint density at radius 2 is 1.33 bits per heavy atom. The minimum absolute atomic E-state index is 0.0707. The second kappa shape index (κ2) is 11.7. The van der Waals surface area contributed by atoms with E-state index in [2.05, 4.69) is 66.9 Å². The van der Waals surface area contributed by atoms with Gasteiger partial charge in [0, 0.05) is 0 Å². The number of hydroxylamine groups is 1. The molecule has 1 atom stereocenters. The minimum atomic E-state index is -2.65. The molecule has 1 N–H and O–H groups in total. The predicted molar refractivity (Wildman–Crippen MR) is 144 cm³/mol. The van der Waals surface area contributed by atoms with Crippen LogP contribution in [0, 0.1) is 10.8 Å². The van der Waals surface area contributed by atoms with Crippen LogP contribution in [0.15, 0.2) is 40.0 Å². The number of carbonyl (C=O) groups excluding carboxylic acids is 1.